The zero-order chi connectivity index (χ0) is 37.3. The number of benzene rings is 9. The van der Waals surface area contributed by atoms with Crippen LogP contribution < -0.4 is 4.90 Å². The van der Waals surface area contributed by atoms with Crippen LogP contribution in [0.2, 0.25) is 0 Å². The van der Waals surface area contributed by atoms with E-state index in [4.69, 9.17) is 0 Å². The maximum atomic E-state index is 2.33. The summed E-state index contributed by atoms with van der Waals surface area (Å²) in [5.74, 6) is 0. The van der Waals surface area contributed by atoms with E-state index in [-0.39, 0.29) is 0 Å². The highest BCUT2D eigenvalue weighted by Crippen LogP contribution is 2.41. The van der Waals surface area contributed by atoms with Crippen molar-refractivity contribution >= 4 is 48.6 Å². The van der Waals surface area contributed by atoms with Gasteiger partial charge in [-0.1, -0.05) is 176 Å². The standard InChI is InChI=1S/C54H37NS/c1-3-13-41(14-4-1)48-19-7-8-20-49(48)42-31-35-47(36-32-42)55(45-17-5-2-6-18-45)46-33-29-39(30-34-46)38-25-27-40(28-26-38)43-15-11-16-44(37-43)50-22-12-23-52-51-21-9-10-24-53(51)56-54(50)52/h1-37H. The summed E-state index contributed by atoms with van der Waals surface area (Å²) in [6.07, 6.45) is 0. The number of hydrogen-bond donors (Lipinski definition) is 0. The summed E-state index contributed by atoms with van der Waals surface area (Å²) >= 11 is 1.88. The van der Waals surface area contributed by atoms with E-state index in [1.165, 1.54) is 75.8 Å². The average molecular weight is 732 g/mol. The molecule has 0 radical (unpaired) electrons. The second kappa shape index (κ2) is 14.7. The summed E-state index contributed by atoms with van der Waals surface area (Å²) in [5, 5.41) is 2.66. The lowest BCUT2D eigenvalue weighted by molar-refractivity contribution is 1.28. The van der Waals surface area contributed by atoms with Crippen molar-refractivity contribution in [1.82, 2.24) is 0 Å². The first-order valence-corrected chi connectivity index (χ1v) is 19.9. The van der Waals surface area contributed by atoms with Crippen LogP contribution in [0, 0.1) is 0 Å². The second-order valence-corrected chi connectivity index (χ2v) is 15.2. The molecule has 9 aromatic carbocycles. The molecule has 10 rings (SSSR count). The van der Waals surface area contributed by atoms with Crippen molar-refractivity contribution in [3.8, 4) is 55.6 Å². The third kappa shape index (κ3) is 6.36. The molecule has 1 nitrogen and oxygen atoms in total. The predicted molar refractivity (Wildman–Crippen MR) is 241 cm³/mol. The number of hydrogen-bond acceptors (Lipinski definition) is 2. The molecule has 0 atom stereocenters. The van der Waals surface area contributed by atoms with Crippen molar-refractivity contribution in [2.24, 2.45) is 0 Å². The van der Waals surface area contributed by atoms with Crippen molar-refractivity contribution in [2.45, 2.75) is 0 Å². The highest BCUT2D eigenvalue weighted by Gasteiger charge is 2.15. The Balaban J connectivity index is 0.924. The summed E-state index contributed by atoms with van der Waals surface area (Å²) in [7, 11) is 0. The quantitative estimate of drug-likeness (QED) is 0.150. The molecule has 0 saturated heterocycles. The first-order chi connectivity index (χ1) is 27.8. The molecule has 0 amide bonds. The van der Waals surface area contributed by atoms with E-state index < -0.39 is 0 Å². The normalized spacial score (nSPS) is 11.2. The van der Waals surface area contributed by atoms with Crippen LogP contribution in [0.3, 0.4) is 0 Å². The van der Waals surface area contributed by atoms with Gasteiger partial charge in [-0.15, -0.1) is 11.3 Å². The van der Waals surface area contributed by atoms with Gasteiger partial charge in [0.25, 0.3) is 0 Å². The van der Waals surface area contributed by atoms with Gasteiger partial charge in [0, 0.05) is 37.2 Å². The molecule has 0 aliphatic carbocycles. The minimum atomic E-state index is 1.11. The number of nitrogens with zero attached hydrogens (tertiary/aromatic N) is 1. The molecule has 264 valence electrons. The Morgan fingerprint density at radius 3 is 1.38 bits per heavy atom. The van der Waals surface area contributed by atoms with Crippen molar-refractivity contribution in [3.63, 3.8) is 0 Å². The van der Waals surface area contributed by atoms with Gasteiger partial charge in [0.2, 0.25) is 0 Å². The van der Waals surface area contributed by atoms with Crippen molar-refractivity contribution in [3.05, 3.63) is 224 Å². The lowest BCUT2D eigenvalue weighted by Crippen LogP contribution is -2.09. The molecule has 0 N–H and O–H groups in total. The smallest absolute Gasteiger partial charge is 0.0462 e. The van der Waals surface area contributed by atoms with Gasteiger partial charge in [-0.2, -0.15) is 0 Å². The molecule has 2 heteroatoms. The first-order valence-electron chi connectivity index (χ1n) is 19.1. The highest BCUT2D eigenvalue weighted by molar-refractivity contribution is 7.26. The molecular weight excluding hydrogens is 695 g/mol. The molecule has 0 saturated carbocycles. The second-order valence-electron chi connectivity index (χ2n) is 14.1. The molecule has 0 aliphatic rings. The minimum absolute atomic E-state index is 1.11. The molecule has 10 aromatic rings. The van der Waals surface area contributed by atoms with Gasteiger partial charge in [-0.05, 0) is 104 Å². The summed E-state index contributed by atoms with van der Waals surface area (Å²) in [6, 6.07) is 81.1. The van der Waals surface area contributed by atoms with Crippen LogP contribution in [0.15, 0.2) is 224 Å². The Morgan fingerprint density at radius 2 is 0.696 bits per heavy atom. The van der Waals surface area contributed by atoms with E-state index in [0.29, 0.717) is 0 Å². The lowest BCUT2D eigenvalue weighted by atomic mass is 9.94. The van der Waals surface area contributed by atoms with Crippen LogP contribution in [0.4, 0.5) is 17.1 Å². The summed E-state index contributed by atoms with van der Waals surface area (Å²) < 4.78 is 2.68. The van der Waals surface area contributed by atoms with E-state index in [9.17, 15) is 0 Å². The van der Waals surface area contributed by atoms with Crippen LogP contribution in [-0.2, 0) is 0 Å². The number of rotatable bonds is 8. The van der Waals surface area contributed by atoms with Crippen LogP contribution in [0.1, 0.15) is 0 Å². The van der Waals surface area contributed by atoms with Gasteiger partial charge in [0.15, 0.2) is 0 Å². The Kier molecular flexibility index (Phi) is 8.79. The van der Waals surface area contributed by atoms with Gasteiger partial charge >= 0.3 is 0 Å². The third-order valence-electron chi connectivity index (χ3n) is 10.7. The van der Waals surface area contributed by atoms with Gasteiger partial charge in [0.1, 0.15) is 0 Å². The van der Waals surface area contributed by atoms with Gasteiger partial charge in [-0.25, -0.2) is 0 Å². The number of para-hydroxylation sites is 1. The van der Waals surface area contributed by atoms with Crippen molar-refractivity contribution in [2.75, 3.05) is 4.90 Å². The maximum Gasteiger partial charge on any atom is 0.0462 e. The number of thiophene rings is 1. The Morgan fingerprint density at radius 1 is 0.268 bits per heavy atom. The summed E-state index contributed by atoms with van der Waals surface area (Å²) in [4.78, 5) is 2.33. The molecule has 56 heavy (non-hydrogen) atoms. The fourth-order valence-electron chi connectivity index (χ4n) is 7.92. The van der Waals surface area contributed by atoms with Gasteiger partial charge in [-0.3, -0.25) is 0 Å². The van der Waals surface area contributed by atoms with Crippen LogP contribution in [0.25, 0.3) is 75.8 Å². The molecule has 0 fully saturated rings. The maximum absolute atomic E-state index is 2.33. The van der Waals surface area contributed by atoms with E-state index in [0.717, 1.165) is 17.1 Å². The van der Waals surface area contributed by atoms with Gasteiger partial charge < -0.3 is 4.90 Å². The molecule has 0 spiro atoms. The third-order valence-corrected chi connectivity index (χ3v) is 11.9. The minimum Gasteiger partial charge on any atom is -0.311 e. The molecule has 0 aliphatic heterocycles. The topological polar surface area (TPSA) is 3.24 Å². The van der Waals surface area contributed by atoms with Crippen LogP contribution in [-0.4, -0.2) is 0 Å². The molecule has 0 unspecified atom stereocenters. The monoisotopic (exact) mass is 731 g/mol. The number of fused-ring (bicyclic) bond motifs is 3. The highest BCUT2D eigenvalue weighted by atomic mass is 32.1. The largest absolute Gasteiger partial charge is 0.311 e. The van der Waals surface area contributed by atoms with E-state index in [1.54, 1.807) is 0 Å². The molecule has 0 bridgehead atoms. The summed E-state index contributed by atoms with van der Waals surface area (Å²) in [6.45, 7) is 0. The van der Waals surface area contributed by atoms with Crippen LogP contribution in [0.5, 0.6) is 0 Å². The average Bonchev–Trinajstić information content (AvgIpc) is 3.67. The van der Waals surface area contributed by atoms with E-state index in [2.05, 4.69) is 229 Å². The zero-order valence-corrected chi connectivity index (χ0v) is 31.5. The van der Waals surface area contributed by atoms with E-state index in [1.807, 2.05) is 11.3 Å². The first kappa shape index (κ1) is 33.6. The zero-order valence-electron chi connectivity index (χ0n) is 30.7. The van der Waals surface area contributed by atoms with Gasteiger partial charge in [0.05, 0.1) is 0 Å². The summed E-state index contributed by atoms with van der Waals surface area (Å²) in [5.41, 5.74) is 15.6. The SMILES string of the molecule is c1ccc(-c2ccccc2-c2ccc(N(c3ccccc3)c3ccc(-c4ccc(-c5cccc(-c6cccc7c6sc6ccccc67)c5)cc4)cc3)cc2)cc1. The molecule has 1 aromatic heterocycles. The fourth-order valence-corrected chi connectivity index (χ4v) is 9.16. The molecular formula is C54H37NS. The lowest BCUT2D eigenvalue weighted by Gasteiger charge is -2.26. The van der Waals surface area contributed by atoms with Crippen LogP contribution >= 0.6 is 11.3 Å². The number of anilines is 3. The Hall–Kier alpha value is -7.00. The van der Waals surface area contributed by atoms with E-state index >= 15 is 0 Å². The Bertz CT molecular complexity index is 2930. The van der Waals surface area contributed by atoms with Crippen molar-refractivity contribution in [1.29, 1.82) is 0 Å². The predicted octanol–water partition coefficient (Wildman–Crippen LogP) is 15.9. The fraction of sp³-hybridized carbons (Fsp3) is 0. The Labute approximate surface area is 332 Å². The molecule has 1 heterocycles. The van der Waals surface area contributed by atoms with Crippen molar-refractivity contribution < 1.29 is 0 Å².